The Hall–Kier alpha value is -7.68. The molecule has 10 aromatic rings. The molecule has 276 valence electrons. The molecule has 0 bridgehead atoms. The summed E-state index contributed by atoms with van der Waals surface area (Å²) in [6.45, 7) is 0. The summed E-state index contributed by atoms with van der Waals surface area (Å²) in [6, 6.07) is 84.7. The Bertz CT molecular complexity index is 3140. The molecule has 0 N–H and O–H groups in total. The van der Waals surface area contributed by atoms with E-state index in [-0.39, 0.29) is 0 Å². The van der Waals surface area contributed by atoms with Crippen LogP contribution in [-0.4, -0.2) is 0 Å². The standard InChI is InChI=1S/C57H38N2/c1-4-16-43(17-5-1)58(44-18-6-2-7-19-44)46-32-34-48-42(37-46)29-28-41-36-39(30-33-47(41)48)40-31-35-52-50(38-40)49-22-10-11-23-51(49)57(52)53-24-12-14-26-55(53)59(45-20-8-3-9-21-45)56-27-15-13-25-54(56)57/h1-38H. The monoisotopic (exact) mass is 750 g/mol. The number of fused-ring (bicyclic) bond motifs is 12. The van der Waals surface area contributed by atoms with Crippen molar-refractivity contribution >= 4 is 55.7 Å². The Morgan fingerprint density at radius 1 is 0.322 bits per heavy atom. The molecule has 0 saturated carbocycles. The summed E-state index contributed by atoms with van der Waals surface area (Å²) in [4.78, 5) is 4.76. The molecule has 1 heterocycles. The SMILES string of the molecule is c1ccc(N(c2ccccc2)c2ccc3c(ccc4cc(-c5ccc6c(c5)-c5ccccc5C65c6ccccc6N(c6ccccc6)c6ccccc65)ccc43)c2)cc1. The normalized spacial score (nSPS) is 13.2. The van der Waals surface area contributed by atoms with Crippen LogP contribution >= 0.6 is 0 Å². The lowest BCUT2D eigenvalue weighted by Crippen LogP contribution is -2.36. The highest BCUT2D eigenvalue weighted by Crippen LogP contribution is 2.63. The second-order valence-corrected chi connectivity index (χ2v) is 15.7. The lowest BCUT2D eigenvalue weighted by atomic mass is 9.64. The quantitative estimate of drug-likeness (QED) is 0.162. The minimum atomic E-state index is -0.458. The van der Waals surface area contributed by atoms with Crippen molar-refractivity contribution in [3.8, 4) is 22.3 Å². The lowest BCUT2D eigenvalue weighted by Gasteiger charge is -2.45. The van der Waals surface area contributed by atoms with E-state index in [1.165, 1.54) is 77.4 Å². The third-order valence-corrected chi connectivity index (χ3v) is 12.6. The molecule has 0 saturated heterocycles. The molecular formula is C57H38N2. The number of para-hydroxylation sites is 5. The van der Waals surface area contributed by atoms with E-state index in [1.807, 2.05) is 0 Å². The zero-order valence-corrected chi connectivity index (χ0v) is 32.3. The van der Waals surface area contributed by atoms with Crippen LogP contribution in [0.5, 0.6) is 0 Å². The zero-order valence-electron chi connectivity index (χ0n) is 32.3. The summed E-state index contributed by atoms with van der Waals surface area (Å²) in [5, 5.41) is 4.97. The van der Waals surface area contributed by atoms with Crippen molar-refractivity contribution in [2.45, 2.75) is 5.41 Å². The summed E-state index contributed by atoms with van der Waals surface area (Å²) < 4.78 is 0. The van der Waals surface area contributed by atoms with Crippen LogP contribution in [-0.2, 0) is 5.41 Å². The summed E-state index contributed by atoms with van der Waals surface area (Å²) >= 11 is 0. The fraction of sp³-hybridized carbons (Fsp3) is 0.0175. The van der Waals surface area contributed by atoms with Gasteiger partial charge >= 0.3 is 0 Å². The highest BCUT2D eigenvalue weighted by atomic mass is 15.2. The molecule has 0 amide bonds. The molecule has 1 aliphatic carbocycles. The van der Waals surface area contributed by atoms with Crippen molar-refractivity contribution in [2.75, 3.05) is 9.80 Å². The smallest absolute Gasteiger partial charge is 0.0754 e. The molecule has 0 radical (unpaired) electrons. The van der Waals surface area contributed by atoms with Crippen LogP contribution in [0.25, 0.3) is 43.8 Å². The Kier molecular flexibility index (Phi) is 7.48. The largest absolute Gasteiger partial charge is 0.310 e. The highest BCUT2D eigenvalue weighted by molar-refractivity contribution is 6.10. The van der Waals surface area contributed by atoms with Gasteiger partial charge in [-0.15, -0.1) is 0 Å². The summed E-state index contributed by atoms with van der Waals surface area (Å²) in [7, 11) is 0. The molecule has 2 nitrogen and oxygen atoms in total. The summed E-state index contributed by atoms with van der Waals surface area (Å²) in [5.74, 6) is 0. The fourth-order valence-electron chi connectivity index (χ4n) is 10.1. The van der Waals surface area contributed by atoms with Crippen molar-refractivity contribution in [2.24, 2.45) is 0 Å². The fourth-order valence-corrected chi connectivity index (χ4v) is 10.1. The van der Waals surface area contributed by atoms with Gasteiger partial charge in [-0.1, -0.05) is 158 Å². The van der Waals surface area contributed by atoms with Crippen molar-refractivity contribution in [1.29, 1.82) is 0 Å². The number of hydrogen-bond donors (Lipinski definition) is 0. The van der Waals surface area contributed by atoms with Crippen molar-refractivity contribution < 1.29 is 0 Å². The second-order valence-electron chi connectivity index (χ2n) is 15.7. The number of nitrogens with zero attached hydrogens (tertiary/aromatic N) is 2. The average Bonchev–Trinajstić information content (AvgIpc) is 3.60. The maximum Gasteiger partial charge on any atom is 0.0754 e. The van der Waals surface area contributed by atoms with E-state index in [0.717, 1.165) is 22.7 Å². The van der Waals surface area contributed by atoms with Gasteiger partial charge in [-0.25, -0.2) is 0 Å². The van der Waals surface area contributed by atoms with Gasteiger partial charge in [0.05, 0.1) is 16.8 Å². The second kappa shape index (κ2) is 13.2. The van der Waals surface area contributed by atoms with Crippen molar-refractivity contribution in [1.82, 2.24) is 0 Å². The summed E-state index contributed by atoms with van der Waals surface area (Å²) in [6.07, 6.45) is 0. The van der Waals surface area contributed by atoms with Gasteiger partial charge in [-0.2, -0.15) is 0 Å². The molecule has 1 spiro atoms. The van der Waals surface area contributed by atoms with Crippen LogP contribution in [0.15, 0.2) is 231 Å². The molecule has 2 heteroatoms. The lowest BCUT2D eigenvalue weighted by molar-refractivity contribution is 0.753. The highest BCUT2D eigenvalue weighted by Gasteiger charge is 2.51. The molecule has 0 fully saturated rings. The Morgan fingerprint density at radius 2 is 0.814 bits per heavy atom. The Morgan fingerprint density at radius 3 is 1.47 bits per heavy atom. The third kappa shape index (κ3) is 5.00. The van der Waals surface area contributed by atoms with Gasteiger partial charge in [-0.05, 0) is 139 Å². The molecule has 12 rings (SSSR count). The van der Waals surface area contributed by atoms with Gasteiger partial charge in [0.25, 0.3) is 0 Å². The minimum Gasteiger partial charge on any atom is -0.310 e. The van der Waals surface area contributed by atoms with Gasteiger partial charge in [0.15, 0.2) is 0 Å². The van der Waals surface area contributed by atoms with Crippen LogP contribution in [0.3, 0.4) is 0 Å². The molecule has 0 aromatic heterocycles. The van der Waals surface area contributed by atoms with Crippen LogP contribution in [0.4, 0.5) is 34.1 Å². The van der Waals surface area contributed by atoms with Crippen LogP contribution < -0.4 is 9.80 Å². The molecule has 1 aliphatic heterocycles. The molecule has 59 heavy (non-hydrogen) atoms. The minimum absolute atomic E-state index is 0.458. The first kappa shape index (κ1) is 33.5. The number of anilines is 6. The molecule has 10 aromatic carbocycles. The van der Waals surface area contributed by atoms with Crippen LogP contribution in [0.1, 0.15) is 22.3 Å². The number of benzene rings is 10. The Labute approximate surface area is 344 Å². The van der Waals surface area contributed by atoms with E-state index >= 15 is 0 Å². The molecule has 0 unspecified atom stereocenters. The van der Waals surface area contributed by atoms with E-state index in [4.69, 9.17) is 0 Å². The van der Waals surface area contributed by atoms with E-state index in [1.54, 1.807) is 0 Å². The summed E-state index contributed by atoms with van der Waals surface area (Å²) in [5.41, 5.74) is 16.8. The predicted molar refractivity (Wildman–Crippen MR) is 247 cm³/mol. The van der Waals surface area contributed by atoms with Gasteiger partial charge in [-0.3, -0.25) is 0 Å². The van der Waals surface area contributed by atoms with Crippen LogP contribution in [0.2, 0.25) is 0 Å². The van der Waals surface area contributed by atoms with E-state index in [0.29, 0.717) is 0 Å². The average molecular weight is 751 g/mol. The first-order valence-corrected chi connectivity index (χ1v) is 20.4. The van der Waals surface area contributed by atoms with E-state index in [9.17, 15) is 0 Å². The van der Waals surface area contributed by atoms with Gasteiger partial charge in [0, 0.05) is 22.7 Å². The first-order chi connectivity index (χ1) is 29.3. The van der Waals surface area contributed by atoms with Gasteiger partial charge in [0.2, 0.25) is 0 Å². The zero-order chi connectivity index (χ0) is 38.9. The number of rotatable bonds is 5. The maximum atomic E-state index is 2.44. The third-order valence-electron chi connectivity index (χ3n) is 12.6. The first-order valence-electron chi connectivity index (χ1n) is 20.4. The number of hydrogen-bond acceptors (Lipinski definition) is 2. The van der Waals surface area contributed by atoms with Crippen molar-refractivity contribution in [3.63, 3.8) is 0 Å². The molecule has 0 atom stereocenters. The Balaban J connectivity index is 0.981. The van der Waals surface area contributed by atoms with Gasteiger partial charge in [0.1, 0.15) is 0 Å². The van der Waals surface area contributed by atoms with Crippen molar-refractivity contribution in [3.05, 3.63) is 253 Å². The molecule has 2 aliphatic rings. The predicted octanol–water partition coefficient (Wildman–Crippen LogP) is 15.3. The maximum absolute atomic E-state index is 2.44. The van der Waals surface area contributed by atoms with E-state index < -0.39 is 5.41 Å². The van der Waals surface area contributed by atoms with Gasteiger partial charge < -0.3 is 9.80 Å². The van der Waals surface area contributed by atoms with E-state index in [2.05, 4.69) is 240 Å². The topological polar surface area (TPSA) is 6.48 Å². The van der Waals surface area contributed by atoms with Crippen LogP contribution in [0, 0.1) is 0 Å². The molecular weight excluding hydrogens is 713 g/mol.